The third kappa shape index (κ3) is 2.92. The van der Waals surface area contributed by atoms with Crippen LogP contribution in [0.1, 0.15) is 12.1 Å². The molecule has 0 spiro atoms. The second kappa shape index (κ2) is 6.75. The molecule has 4 rings (SSSR count). The van der Waals surface area contributed by atoms with Crippen LogP contribution in [0.25, 0.3) is 16.9 Å². The van der Waals surface area contributed by atoms with E-state index >= 15 is 0 Å². The van der Waals surface area contributed by atoms with Crippen LogP contribution in [0.15, 0.2) is 59.6 Å². The van der Waals surface area contributed by atoms with E-state index < -0.39 is 4.92 Å². The van der Waals surface area contributed by atoms with Gasteiger partial charge >= 0.3 is 0 Å². The molecule has 3 aromatic rings. The van der Waals surface area contributed by atoms with E-state index in [1.165, 1.54) is 12.1 Å². The van der Waals surface area contributed by atoms with E-state index in [1.807, 2.05) is 30.3 Å². The molecule has 0 unspecified atom stereocenters. The lowest BCUT2D eigenvalue weighted by molar-refractivity contribution is -0.384. The number of nitro benzene ring substituents is 1. The first-order chi connectivity index (χ1) is 12.7. The van der Waals surface area contributed by atoms with Crippen LogP contribution in [-0.4, -0.2) is 38.8 Å². The molecule has 0 saturated carbocycles. The number of nitrogens with one attached hydrogen (secondary N) is 1. The summed E-state index contributed by atoms with van der Waals surface area (Å²) < 4.78 is 1.69. The van der Waals surface area contributed by atoms with Crippen molar-refractivity contribution in [2.45, 2.75) is 6.42 Å². The first-order valence-corrected chi connectivity index (χ1v) is 8.29. The number of non-ortho nitro benzene ring substituents is 1. The van der Waals surface area contributed by atoms with Gasteiger partial charge in [-0.2, -0.15) is 0 Å². The van der Waals surface area contributed by atoms with Crippen LogP contribution in [0.2, 0.25) is 0 Å². The molecule has 2 aromatic carbocycles. The number of nitrogens with zero attached hydrogens (tertiary/aromatic N) is 5. The van der Waals surface area contributed by atoms with Crippen molar-refractivity contribution in [3.05, 3.63) is 70.4 Å². The fourth-order valence-corrected chi connectivity index (χ4v) is 2.88. The normalized spacial score (nSPS) is 13.8. The molecule has 8 heteroatoms. The number of amidine groups is 1. The number of hydrogen-bond acceptors (Lipinski definition) is 6. The molecular weight excluding hydrogens is 332 g/mol. The maximum Gasteiger partial charge on any atom is 0.269 e. The highest BCUT2D eigenvalue weighted by molar-refractivity contribution is 6.02. The van der Waals surface area contributed by atoms with E-state index in [1.54, 1.807) is 16.8 Å². The predicted molar refractivity (Wildman–Crippen MR) is 97.5 cm³/mol. The van der Waals surface area contributed by atoms with Crippen LogP contribution >= 0.6 is 0 Å². The minimum atomic E-state index is -0.421. The zero-order valence-corrected chi connectivity index (χ0v) is 13.9. The Morgan fingerprint density at radius 2 is 1.85 bits per heavy atom. The zero-order chi connectivity index (χ0) is 17.9. The van der Waals surface area contributed by atoms with E-state index in [2.05, 4.69) is 20.6 Å². The predicted octanol–water partition coefficient (Wildman–Crippen LogP) is 2.58. The van der Waals surface area contributed by atoms with Crippen LogP contribution in [0.5, 0.6) is 0 Å². The summed E-state index contributed by atoms with van der Waals surface area (Å²) in [6.07, 6.45) is 0.987. The van der Waals surface area contributed by atoms with Gasteiger partial charge in [-0.25, -0.2) is 4.68 Å². The molecule has 26 heavy (non-hydrogen) atoms. The van der Waals surface area contributed by atoms with Crippen molar-refractivity contribution in [3.63, 3.8) is 0 Å². The number of rotatable bonds is 4. The van der Waals surface area contributed by atoms with E-state index in [9.17, 15) is 10.1 Å². The standard InChI is InChI=1S/C18H16N6O2/c25-24(26)15-9-7-14(8-10-15)23-17(13-5-2-1-3-6-13)16(21-22-23)18-19-11-4-12-20-18/h1-3,5-10H,4,11-12H2,(H,19,20). The van der Waals surface area contributed by atoms with Gasteiger partial charge in [-0.15, -0.1) is 5.10 Å². The molecule has 1 aromatic heterocycles. The highest BCUT2D eigenvalue weighted by Crippen LogP contribution is 2.26. The fraction of sp³-hybridized carbons (Fsp3) is 0.167. The van der Waals surface area contributed by atoms with Crippen molar-refractivity contribution < 1.29 is 4.92 Å². The Morgan fingerprint density at radius 1 is 1.08 bits per heavy atom. The zero-order valence-electron chi connectivity index (χ0n) is 13.9. The second-order valence-corrected chi connectivity index (χ2v) is 5.85. The lowest BCUT2D eigenvalue weighted by Gasteiger charge is -2.14. The fourth-order valence-electron chi connectivity index (χ4n) is 2.88. The Morgan fingerprint density at radius 3 is 2.50 bits per heavy atom. The van der Waals surface area contributed by atoms with Crippen LogP contribution in [-0.2, 0) is 0 Å². The van der Waals surface area contributed by atoms with Gasteiger partial charge in [-0.3, -0.25) is 15.1 Å². The maximum absolute atomic E-state index is 10.9. The summed E-state index contributed by atoms with van der Waals surface area (Å²) >= 11 is 0. The summed E-state index contributed by atoms with van der Waals surface area (Å²) in [6, 6.07) is 16.0. The molecule has 2 heterocycles. The summed E-state index contributed by atoms with van der Waals surface area (Å²) in [5.74, 6) is 0.725. The molecule has 8 nitrogen and oxygen atoms in total. The van der Waals surface area contributed by atoms with Crippen molar-refractivity contribution in [2.75, 3.05) is 13.1 Å². The summed E-state index contributed by atoms with van der Waals surface area (Å²) in [6.45, 7) is 1.60. The Bertz CT molecular complexity index is 963. The first kappa shape index (κ1) is 15.9. The summed E-state index contributed by atoms with van der Waals surface area (Å²) in [4.78, 5) is 15.0. The third-order valence-electron chi connectivity index (χ3n) is 4.14. The molecule has 130 valence electrons. The molecule has 0 saturated heterocycles. The number of nitro groups is 1. The molecule has 0 atom stereocenters. The highest BCUT2D eigenvalue weighted by atomic mass is 16.6. The molecule has 1 aliphatic heterocycles. The van der Waals surface area contributed by atoms with Gasteiger partial charge in [0.25, 0.3) is 5.69 Å². The Kier molecular flexibility index (Phi) is 4.14. The number of aromatic nitrogens is 3. The topological polar surface area (TPSA) is 98.2 Å². The van der Waals surface area contributed by atoms with Gasteiger partial charge in [0.2, 0.25) is 0 Å². The van der Waals surface area contributed by atoms with Crippen molar-refractivity contribution in [1.82, 2.24) is 20.3 Å². The second-order valence-electron chi connectivity index (χ2n) is 5.85. The Hall–Kier alpha value is -3.55. The quantitative estimate of drug-likeness (QED) is 0.577. The van der Waals surface area contributed by atoms with Gasteiger partial charge in [0.15, 0.2) is 11.5 Å². The largest absolute Gasteiger partial charge is 0.368 e. The van der Waals surface area contributed by atoms with E-state index in [0.29, 0.717) is 11.4 Å². The smallest absolute Gasteiger partial charge is 0.269 e. The monoisotopic (exact) mass is 348 g/mol. The maximum atomic E-state index is 10.9. The molecule has 0 fully saturated rings. The van der Waals surface area contributed by atoms with Gasteiger partial charge in [0.1, 0.15) is 5.69 Å². The average molecular weight is 348 g/mol. The van der Waals surface area contributed by atoms with Gasteiger partial charge in [0.05, 0.1) is 10.6 Å². The van der Waals surface area contributed by atoms with Gasteiger partial charge in [-0.1, -0.05) is 35.5 Å². The lowest BCUT2D eigenvalue weighted by Crippen LogP contribution is -2.31. The molecule has 0 bridgehead atoms. The molecule has 1 N–H and O–H groups in total. The lowest BCUT2D eigenvalue weighted by atomic mass is 10.1. The van der Waals surface area contributed by atoms with Crippen molar-refractivity contribution >= 4 is 11.5 Å². The van der Waals surface area contributed by atoms with Crippen LogP contribution in [0, 0.1) is 10.1 Å². The number of benzene rings is 2. The van der Waals surface area contributed by atoms with E-state index in [0.717, 1.165) is 36.6 Å². The SMILES string of the molecule is O=[N+]([O-])c1ccc(-n2nnc(C3=NCCCN3)c2-c2ccccc2)cc1. The molecular formula is C18H16N6O2. The summed E-state index contributed by atoms with van der Waals surface area (Å²) in [7, 11) is 0. The number of aliphatic imine (C=N–C) groups is 1. The minimum Gasteiger partial charge on any atom is -0.368 e. The van der Waals surface area contributed by atoms with Crippen LogP contribution in [0.4, 0.5) is 5.69 Å². The van der Waals surface area contributed by atoms with Gasteiger partial charge < -0.3 is 5.32 Å². The molecule has 0 aliphatic carbocycles. The van der Waals surface area contributed by atoms with Crippen LogP contribution in [0.3, 0.4) is 0 Å². The van der Waals surface area contributed by atoms with Gasteiger partial charge in [-0.05, 0) is 18.6 Å². The molecule has 0 amide bonds. The van der Waals surface area contributed by atoms with Crippen LogP contribution < -0.4 is 5.32 Å². The summed E-state index contributed by atoms with van der Waals surface area (Å²) in [5, 5.41) is 22.8. The highest BCUT2D eigenvalue weighted by Gasteiger charge is 2.21. The minimum absolute atomic E-state index is 0.0358. The van der Waals surface area contributed by atoms with Gasteiger partial charge in [0, 0.05) is 30.8 Å². The Balaban J connectivity index is 1.86. The molecule has 0 radical (unpaired) electrons. The molecule has 1 aliphatic rings. The number of hydrogen-bond donors (Lipinski definition) is 1. The van der Waals surface area contributed by atoms with E-state index in [-0.39, 0.29) is 5.69 Å². The first-order valence-electron chi connectivity index (χ1n) is 8.29. The third-order valence-corrected chi connectivity index (χ3v) is 4.14. The van der Waals surface area contributed by atoms with Crippen molar-refractivity contribution in [2.24, 2.45) is 4.99 Å². The van der Waals surface area contributed by atoms with Crippen molar-refractivity contribution in [1.29, 1.82) is 0 Å². The summed E-state index contributed by atoms with van der Waals surface area (Å²) in [5.41, 5.74) is 3.15. The Labute approximate surface area is 149 Å². The average Bonchev–Trinajstić information content (AvgIpc) is 3.14. The van der Waals surface area contributed by atoms with E-state index in [4.69, 9.17) is 0 Å². The van der Waals surface area contributed by atoms with Crippen molar-refractivity contribution in [3.8, 4) is 16.9 Å².